The van der Waals surface area contributed by atoms with E-state index in [1.54, 1.807) is 0 Å². The van der Waals surface area contributed by atoms with Gasteiger partial charge in [-0.25, -0.2) is 0 Å². The van der Waals surface area contributed by atoms with Crippen molar-refractivity contribution in [3.63, 3.8) is 0 Å². The Kier molecular flexibility index (Phi) is 2.70. The fourth-order valence-electron chi connectivity index (χ4n) is 0.188. The summed E-state index contributed by atoms with van der Waals surface area (Å²) in [6, 6.07) is 0. The van der Waals surface area contributed by atoms with Crippen LogP contribution in [0.2, 0.25) is 0 Å². The SMILES string of the molecule is CC(=O)OC(F)S(=O)(=O)F. The minimum Gasteiger partial charge on any atom is -0.415 e. The van der Waals surface area contributed by atoms with Crippen LogP contribution in [-0.4, -0.2) is 20.1 Å². The molecule has 0 rings (SSSR count). The second kappa shape index (κ2) is 2.91. The van der Waals surface area contributed by atoms with E-state index in [1.165, 1.54) is 0 Å². The largest absolute Gasteiger partial charge is 0.415 e. The number of carbonyl (C=O) groups is 1. The van der Waals surface area contributed by atoms with Gasteiger partial charge in [0.05, 0.1) is 0 Å². The minimum absolute atomic E-state index is 0.762. The van der Waals surface area contributed by atoms with E-state index in [0.717, 1.165) is 6.92 Å². The van der Waals surface area contributed by atoms with Crippen molar-refractivity contribution >= 4 is 16.2 Å². The highest BCUT2D eigenvalue weighted by Gasteiger charge is 2.26. The summed E-state index contributed by atoms with van der Waals surface area (Å²) in [7, 11) is -5.41. The Balaban J connectivity index is 4.12. The number of alkyl halides is 1. The van der Waals surface area contributed by atoms with Crippen LogP contribution in [-0.2, 0) is 19.8 Å². The standard InChI is InChI=1S/C3H4F2O4S/c1-2(6)9-3(4)10(5,7)8/h3H,1H3. The van der Waals surface area contributed by atoms with Crippen molar-refractivity contribution in [3.05, 3.63) is 0 Å². The Morgan fingerprint density at radius 3 is 2.10 bits per heavy atom. The zero-order valence-corrected chi connectivity index (χ0v) is 5.69. The average molecular weight is 174 g/mol. The van der Waals surface area contributed by atoms with E-state index in [1.807, 2.05) is 0 Å². The van der Waals surface area contributed by atoms with Gasteiger partial charge in [0, 0.05) is 6.92 Å². The number of ether oxygens (including phenoxy) is 1. The molecule has 60 valence electrons. The predicted octanol–water partition coefficient (Wildman–Crippen LogP) is 0.102. The first kappa shape index (κ1) is 9.28. The monoisotopic (exact) mass is 174 g/mol. The van der Waals surface area contributed by atoms with Crippen molar-refractivity contribution in [1.29, 1.82) is 0 Å². The van der Waals surface area contributed by atoms with Crippen LogP contribution < -0.4 is 0 Å². The van der Waals surface area contributed by atoms with E-state index < -0.39 is 21.9 Å². The molecule has 0 aliphatic heterocycles. The van der Waals surface area contributed by atoms with Gasteiger partial charge in [0.15, 0.2) is 0 Å². The number of carbonyl (C=O) groups excluding carboxylic acids is 1. The summed E-state index contributed by atoms with van der Waals surface area (Å²) >= 11 is 0. The molecule has 7 heteroatoms. The van der Waals surface area contributed by atoms with Crippen LogP contribution in [0.15, 0.2) is 0 Å². The summed E-state index contributed by atoms with van der Waals surface area (Å²) in [6.45, 7) is 0.762. The molecule has 1 atom stereocenters. The van der Waals surface area contributed by atoms with Crippen LogP contribution in [0.5, 0.6) is 0 Å². The number of hydrogen-bond acceptors (Lipinski definition) is 4. The topological polar surface area (TPSA) is 60.4 Å². The molecule has 0 amide bonds. The number of rotatable bonds is 2. The minimum atomic E-state index is -5.41. The van der Waals surface area contributed by atoms with Gasteiger partial charge < -0.3 is 4.74 Å². The first-order chi connectivity index (χ1) is 4.34. The lowest BCUT2D eigenvalue weighted by atomic mass is 10.8. The lowest BCUT2D eigenvalue weighted by molar-refractivity contribution is -0.148. The van der Waals surface area contributed by atoms with Crippen molar-refractivity contribution in [1.82, 2.24) is 0 Å². The van der Waals surface area contributed by atoms with E-state index in [2.05, 4.69) is 4.74 Å². The molecule has 0 aromatic carbocycles. The lowest BCUT2D eigenvalue weighted by Gasteiger charge is -2.01. The van der Waals surface area contributed by atoms with Gasteiger partial charge >= 0.3 is 21.9 Å². The summed E-state index contributed by atoms with van der Waals surface area (Å²) < 4.78 is 45.7. The summed E-state index contributed by atoms with van der Waals surface area (Å²) in [4.78, 5) is 9.81. The third-order valence-corrected chi connectivity index (χ3v) is 1.02. The molecule has 0 saturated heterocycles. The van der Waals surface area contributed by atoms with E-state index in [-0.39, 0.29) is 0 Å². The van der Waals surface area contributed by atoms with Crippen LogP contribution in [0.3, 0.4) is 0 Å². The van der Waals surface area contributed by atoms with Crippen molar-refractivity contribution in [2.45, 2.75) is 12.6 Å². The predicted molar refractivity (Wildman–Crippen MR) is 26.7 cm³/mol. The van der Waals surface area contributed by atoms with Gasteiger partial charge in [-0.2, -0.15) is 12.8 Å². The van der Waals surface area contributed by atoms with Gasteiger partial charge in [-0.1, -0.05) is 3.89 Å². The highest BCUT2D eigenvalue weighted by molar-refractivity contribution is 7.86. The van der Waals surface area contributed by atoms with Gasteiger partial charge in [0.2, 0.25) is 0 Å². The molecule has 0 saturated carbocycles. The smallest absolute Gasteiger partial charge is 0.373 e. The quantitative estimate of drug-likeness (QED) is 0.440. The molecule has 0 aromatic rings. The van der Waals surface area contributed by atoms with Gasteiger partial charge in [0.25, 0.3) is 0 Å². The van der Waals surface area contributed by atoms with Gasteiger partial charge in [-0.05, 0) is 0 Å². The Labute approximate surface area is 56.0 Å². The molecular weight excluding hydrogens is 170 g/mol. The number of esters is 1. The van der Waals surface area contributed by atoms with Crippen LogP contribution in [0.4, 0.5) is 8.28 Å². The fourth-order valence-corrected chi connectivity index (χ4v) is 0.438. The maximum absolute atomic E-state index is 11.8. The van der Waals surface area contributed by atoms with Crippen molar-refractivity contribution in [2.24, 2.45) is 0 Å². The first-order valence-corrected chi connectivity index (χ1v) is 3.53. The third-order valence-electron chi connectivity index (χ3n) is 0.480. The van der Waals surface area contributed by atoms with Crippen LogP contribution >= 0.6 is 0 Å². The Morgan fingerprint density at radius 1 is 1.60 bits per heavy atom. The molecule has 0 N–H and O–H groups in total. The van der Waals surface area contributed by atoms with E-state index in [9.17, 15) is 21.5 Å². The summed E-state index contributed by atoms with van der Waals surface area (Å²) in [5.41, 5.74) is -3.20. The fraction of sp³-hybridized carbons (Fsp3) is 0.667. The second-order valence-electron chi connectivity index (χ2n) is 1.36. The van der Waals surface area contributed by atoms with Crippen molar-refractivity contribution in [3.8, 4) is 0 Å². The molecule has 0 aliphatic rings. The molecule has 0 aromatic heterocycles. The summed E-state index contributed by atoms with van der Waals surface area (Å²) in [5, 5.41) is 0. The number of halogens is 2. The molecule has 10 heavy (non-hydrogen) atoms. The van der Waals surface area contributed by atoms with Gasteiger partial charge in [-0.15, -0.1) is 0 Å². The van der Waals surface area contributed by atoms with Crippen LogP contribution in [0.25, 0.3) is 0 Å². The Morgan fingerprint density at radius 2 is 2.00 bits per heavy atom. The molecule has 0 aliphatic carbocycles. The molecule has 0 heterocycles. The summed E-state index contributed by atoms with van der Waals surface area (Å²) in [5.74, 6) is -1.20. The Bertz CT molecular complexity index is 221. The molecule has 0 radical (unpaired) electrons. The maximum Gasteiger partial charge on any atom is 0.373 e. The average Bonchev–Trinajstić information content (AvgIpc) is 1.60. The molecule has 4 nitrogen and oxygen atoms in total. The Hall–Kier alpha value is -0.720. The molecular formula is C3H4F2O4S. The maximum atomic E-state index is 11.8. The van der Waals surface area contributed by atoms with Gasteiger partial charge in [-0.3, -0.25) is 4.79 Å². The van der Waals surface area contributed by atoms with Crippen molar-refractivity contribution in [2.75, 3.05) is 0 Å². The van der Waals surface area contributed by atoms with E-state index >= 15 is 0 Å². The van der Waals surface area contributed by atoms with E-state index in [0.29, 0.717) is 0 Å². The molecule has 0 spiro atoms. The van der Waals surface area contributed by atoms with Gasteiger partial charge in [0.1, 0.15) is 0 Å². The number of hydrogen-bond donors (Lipinski definition) is 0. The normalized spacial score (nSPS) is 14.3. The zero-order chi connectivity index (χ0) is 8.36. The van der Waals surface area contributed by atoms with E-state index in [4.69, 9.17) is 0 Å². The third kappa shape index (κ3) is 3.33. The molecule has 1 unspecified atom stereocenters. The first-order valence-electron chi connectivity index (χ1n) is 2.09. The van der Waals surface area contributed by atoms with Crippen LogP contribution in [0, 0.1) is 0 Å². The molecule has 0 fully saturated rings. The zero-order valence-electron chi connectivity index (χ0n) is 4.87. The van der Waals surface area contributed by atoms with Crippen LogP contribution in [0.1, 0.15) is 6.92 Å². The highest BCUT2D eigenvalue weighted by Crippen LogP contribution is 2.06. The van der Waals surface area contributed by atoms with Crippen molar-refractivity contribution < 1.29 is 26.2 Å². The molecule has 0 bridgehead atoms. The lowest BCUT2D eigenvalue weighted by Crippen LogP contribution is -2.17. The second-order valence-corrected chi connectivity index (χ2v) is 2.68. The highest BCUT2D eigenvalue weighted by atomic mass is 32.3. The summed E-state index contributed by atoms with van der Waals surface area (Å²) in [6.07, 6.45) is 0.